The van der Waals surface area contributed by atoms with Gasteiger partial charge in [-0.3, -0.25) is 5.10 Å². The van der Waals surface area contributed by atoms with E-state index in [9.17, 15) is 8.42 Å². The van der Waals surface area contributed by atoms with Crippen LogP contribution in [-0.2, 0) is 16.6 Å². The van der Waals surface area contributed by atoms with Crippen LogP contribution < -0.4 is 10.5 Å². The zero-order chi connectivity index (χ0) is 13.1. The number of H-pyrrole nitrogens is 1. The van der Waals surface area contributed by atoms with Crippen molar-refractivity contribution in [2.75, 3.05) is 0 Å². The molecule has 0 fully saturated rings. The summed E-state index contributed by atoms with van der Waals surface area (Å²) >= 11 is 0. The maximum Gasteiger partial charge on any atom is 0.260 e. The summed E-state index contributed by atoms with van der Waals surface area (Å²) in [7, 11) is -3.58. The highest BCUT2D eigenvalue weighted by Gasteiger charge is 2.24. The van der Waals surface area contributed by atoms with Crippen molar-refractivity contribution in [2.45, 2.75) is 51.2 Å². The molecule has 0 aliphatic carbocycles. The summed E-state index contributed by atoms with van der Waals surface area (Å²) in [6.45, 7) is 5.79. The maximum absolute atomic E-state index is 12.1. The van der Waals surface area contributed by atoms with Crippen LogP contribution in [0.2, 0.25) is 0 Å². The van der Waals surface area contributed by atoms with Gasteiger partial charge >= 0.3 is 0 Å². The smallest absolute Gasteiger partial charge is 0.260 e. The van der Waals surface area contributed by atoms with E-state index < -0.39 is 10.0 Å². The molecular weight excluding hydrogens is 240 g/mol. The van der Waals surface area contributed by atoms with Crippen LogP contribution in [0.25, 0.3) is 0 Å². The lowest BCUT2D eigenvalue weighted by atomic mass is 10.2. The molecule has 0 bridgehead atoms. The number of hydrogen-bond acceptors (Lipinski definition) is 4. The molecule has 0 aliphatic heterocycles. The van der Waals surface area contributed by atoms with Crippen LogP contribution in [0, 0.1) is 6.92 Å². The van der Waals surface area contributed by atoms with E-state index in [-0.39, 0.29) is 17.6 Å². The van der Waals surface area contributed by atoms with Crippen molar-refractivity contribution in [1.82, 2.24) is 14.9 Å². The molecular formula is C10H20N4O2S. The van der Waals surface area contributed by atoms with E-state index in [0.717, 1.165) is 12.8 Å². The molecule has 0 saturated heterocycles. The third-order valence-corrected chi connectivity index (χ3v) is 4.29. The molecule has 7 heteroatoms. The van der Waals surface area contributed by atoms with Gasteiger partial charge in [0.2, 0.25) is 0 Å². The number of nitrogens with two attached hydrogens (primary N) is 1. The lowest BCUT2D eigenvalue weighted by molar-refractivity contribution is 0.526. The second-order valence-electron chi connectivity index (χ2n) is 3.97. The van der Waals surface area contributed by atoms with Crippen molar-refractivity contribution >= 4 is 10.0 Å². The summed E-state index contributed by atoms with van der Waals surface area (Å²) in [6.07, 6.45) is 1.49. The quantitative estimate of drug-likeness (QED) is 0.698. The second kappa shape index (κ2) is 5.61. The molecule has 0 atom stereocenters. The number of aromatic nitrogens is 2. The van der Waals surface area contributed by atoms with E-state index in [0.29, 0.717) is 11.3 Å². The first-order chi connectivity index (χ1) is 7.96. The number of aryl methyl sites for hydroxylation is 1. The standard InChI is InChI=1S/C10H20N4O2S/c1-4-8(5-2)14-17(15,16)10-9(6-11)7(3)12-13-10/h8,14H,4-6,11H2,1-3H3,(H,12,13). The average molecular weight is 260 g/mol. The summed E-state index contributed by atoms with van der Waals surface area (Å²) in [5.41, 5.74) is 6.77. The van der Waals surface area contributed by atoms with Gasteiger partial charge in [-0.1, -0.05) is 13.8 Å². The normalized spacial score (nSPS) is 12.3. The van der Waals surface area contributed by atoms with Crippen molar-refractivity contribution < 1.29 is 8.42 Å². The van der Waals surface area contributed by atoms with Crippen molar-refractivity contribution in [3.8, 4) is 0 Å². The molecule has 0 radical (unpaired) electrons. The molecule has 1 aromatic rings. The van der Waals surface area contributed by atoms with Gasteiger partial charge in [-0.05, 0) is 19.8 Å². The Hall–Kier alpha value is -0.920. The van der Waals surface area contributed by atoms with Crippen LogP contribution in [0.4, 0.5) is 0 Å². The first-order valence-electron chi connectivity index (χ1n) is 5.72. The van der Waals surface area contributed by atoms with Crippen molar-refractivity contribution in [1.29, 1.82) is 0 Å². The van der Waals surface area contributed by atoms with Gasteiger partial charge in [-0.2, -0.15) is 5.10 Å². The minimum Gasteiger partial charge on any atom is -0.326 e. The van der Waals surface area contributed by atoms with Gasteiger partial charge in [-0.25, -0.2) is 13.1 Å². The minimum absolute atomic E-state index is 0.0180. The van der Waals surface area contributed by atoms with E-state index in [1.54, 1.807) is 6.92 Å². The monoisotopic (exact) mass is 260 g/mol. The fraction of sp³-hybridized carbons (Fsp3) is 0.700. The number of sulfonamides is 1. The van der Waals surface area contributed by atoms with E-state index in [4.69, 9.17) is 5.73 Å². The fourth-order valence-corrected chi connectivity index (χ4v) is 3.23. The Morgan fingerprint density at radius 3 is 2.47 bits per heavy atom. The first kappa shape index (κ1) is 14.1. The molecule has 17 heavy (non-hydrogen) atoms. The Labute approximate surface area is 102 Å². The van der Waals surface area contributed by atoms with Crippen molar-refractivity contribution in [2.24, 2.45) is 5.73 Å². The summed E-state index contributed by atoms with van der Waals surface area (Å²) in [5, 5.41) is 6.50. The zero-order valence-corrected chi connectivity index (χ0v) is 11.3. The van der Waals surface area contributed by atoms with Crippen LogP contribution in [0.5, 0.6) is 0 Å². The Kier molecular flexibility index (Phi) is 4.67. The SMILES string of the molecule is CCC(CC)NS(=O)(=O)c1n[nH]c(C)c1CN. The van der Waals surface area contributed by atoms with E-state index >= 15 is 0 Å². The molecule has 0 unspecified atom stereocenters. The van der Waals surface area contributed by atoms with Crippen LogP contribution >= 0.6 is 0 Å². The fourth-order valence-electron chi connectivity index (χ4n) is 1.62. The van der Waals surface area contributed by atoms with E-state index in [1.807, 2.05) is 13.8 Å². The minimum atomic E-state index is -3.58. The lowest BCUT2D eigenvalue weighted by Gasteiger charge is -2.14. The second-order valence-corrected chi connectivity index (χ2v) is 5.60. The van der Waals surface area contributed by atoms with E-state index in [1.165, 1.54) is 0 Å². The van der Waals surface area contributed by atoms with Crippen molar-refractivity contribution in [3.05, 3.63) is 11.3 Å². The summed E-state index contributed by atoms with van der Waals surface area (Å²) in [5.74, 6) is 0. The van der Waals surface area contributed by atoms with Crippen LogP contribution in [0.1, 0.15) is 37.9 Å². The Morgan fingerprint density at radius 1 is 1.41 bits per heavy atom. The number of nitrogens with zero attached hydrogens (tertiary/aromatic N) is 1. The number of aromatic amines is 1. The van der Waals surface area contributed by atoms with Crippen LogP contribution in [0.15, 0.2) is 5.03 Å². The third kappa shape index (κ3) is 3.05. The largest absolute Gasteiger partial charge is 0.326 e. The number of rotatable bonds is 6. The molecule has 0 aromatic carbocycles. The number of hydrogen-bond donors (Lipinski definition) is 3. The average Bonchev–Trinajstić information content (AvgIpc) is 2.68. The van der Waals surface area contributed by atoms with Crippen LogP contribution in [-0.4, -0.2) is 24.7 Å². The molecule has 1 rings (SSSR count). The van der Waals surface area contributed by atoms with Gasteiger partial charge in [-0.15, -0.1) is 0 Å². The summed E-state index contributed by atoms with van der Waals surface area (Å²) in [6, 6.07) is -0.0670. The predicted molar refractivity (Wildman–Crippen MR) is 65.9 cm³/mol. The molecule has 98 valence electrons. The molecule has 0 spiro atoms. The van der Waals surface area contributed by atoms with Gasteiger partial charge in [0, 0.05) is 23.8 Å². The van der Waals surface area contributed by atoms with Crippen LogP contribution in [0.3, 0.4) is 0 Å². The summed E-state index contributed by atoms with van der Waals surface area (Å²) in [4.78, 5) is 0. The summed E-state index contributed by atoms with van der Waals surface area (Å²) < 4.78 is 26.8. The molecule has 4 N–H and O–H groups in total. The first-order valence-corrected chi connectivity index (χ1v) is 7.20. The Balaban J connectivity index is 3.05. The van der Waals surface area contributed by atoms with Gasteiger partial charge in [0.25, 0.3) is 10.0 Å². The zero-order valence-electron chi connectivity index (χ0n) is 10.4. The molecule has 6 nitrogen and oxygen atoms in total. The molecule has 0 aliphatic rings. The van der Waals surface area contributed by atoms with E-state index in [2.05, 4.69) is 14.9 Å². The Bertz CT molecular complexity index is 463. The highest BCUT2D eigenvalue weighted by molar-refractivity contribution is 7.89. The predicted octanol–water partition coefficient (Wildman–Crippen LogP) is 0.644. The van der Waals surface area contributed by atoms with Gasteiger partial charge in [0.1, 0.15) is 0 Å². The molecule has 1 heterocycles. The maximum atomic E-state index is 12.1. The highest BCUT2D eigenvalue weighted by atomic mass is 32.2. The lowest BCUT2D eigenvalue weighted by Crippen LogP contribution is -2.34. The van der Waals surface area contributed by atoms with Crippen molar-refractivity contribution in [3.63, 3.8) is 0 Å². The molecule has 0 amide bonds. The number of nitrogens with one attached hydrogen (secondary N) is 2. The Morgan fingerprint density at radius 2 is 2.00 bits per heavy atom. The molecule has 0 saturated carbocycles. The van der Waals surface area contributed by atoms with Gasteiger partial charge in [0.15, 0.2) is 5.03 Å². The van der Waals surface area contributed by atoms with Gasteiger partial charge in [0.05, 0.1) is 0 Å². The highest BCUT2D eigenvalue weighted by Crippen LogP contribution is 2.16. The van der Waals surface area contributed by atoms with Gasteiger partial charge < -0.3 is 5.73 Å². The third-order valence-electron chi connectivity index (χ3n) is 2.80. The molecule has 1 aromatic heterocycles. The topological polar surface area (TPSA) is 101 Å².